The maximum absolute atomic E-state index is 9.78. The lowest BCUT2D eigenvalue weighted by Gasteiger charge is -2.31. The highest BCUT2D eigenvalue weighted by Gasteiger charge is 2.33. The second-order valence-electron chi connectivity index (χ2n) is 4.38. The van der Waals surface area contributed by atoms with Crippen LogP contribution in [0.4, 0.5) is 0 Å². The number of rotatable bonds is 5. The van der Waals surface area contributed by atoms with Crippen molar-refractivity contribution in [3.05, 3.63) is 56.7 Å². The first kappa shape index (κ1) is 13.7. The van der Waals surface area contributed by atoms with Crippen LogP contribution in [0.3, 0.4) is 0 Å². The quantitative estimate of drug-likeness (QED) is 0.886. The van der Waals surface area contributed by atoms with Gasteiger partial charge in [-0.15, -0.1) is 0 Å². The molecule has 0 amide bonds. The summed E-state index contributed by atoms with van der Waals surface area (Å²) in [5, 5.41) is 23.6. The van der Waals surface area contributed by atoms with Gasteiger partial charge >= 0.3 is 0 Å². The fourth-order valence-electron chi connectivity index (χ4n) is 2.10. The maximum atomic E-state index is 9.78. The summed E-state index contributed by atoms with van der Waals surface area (Å²) in [6.07, 6.45) is 0.631. The van der Waals surface area contributed by atoms with Gasteiger partial charge in [-0.1, -0.05) is 34.1 Å². The van der Waals surface area contributed by atoms with E-state index in [0.29, 0.717) is 6.42 Å². The Kier molecular flexibility index (Phi) is 4.56. The molecule has 0 unspecified atom stereocenters. The molecule has 0 fully saturated rings. The molecule has 0 saturated heterocycles. The molecule has 2 rings (SSSR count). The van der Waals surface area contributed by atoms with Gasteiger partial charge < -0.3 is 10.2 Å². The Morgan fingerprint density at radius 1 is 1.11 bits per heavy atom. The standard InChI is InChI=1S/C14H15BrO2S/c15-13-4-2-1-3-12(13)14(9-16,10-17)7-11-5-6-18-8-11/h1-6,8,16-17H,7,9-10H2. The van der Waals surface area contributed by atoms with Crippen molar-refractivity contribution in [2.24, 2.45) is 0 Å². The number of thiophene rings is 1. The van der Waals surface area contributed by atoms with E-state index in [2.05, 4.69) is 21.3 Å². The first-order chi connectivity index (χ1) is 8.72. The molecule has 0 aliphatic carbocycles. The number of halogens is 1. The first-order valence-electron chi connectivity index (χ1n) is 5.70. The summed E-state index contributed by atoms with van der Waals surface area (Å²) in [6, 6.07) is 9.76. The molecule has 1 aromatic heterocycles. The Balaban J connectivity index is 2.40. The lowest BCUT2D eigenvalue weighted by atomic mass is 9.77. The van der Waals surface area contributed by atoms with Gasteiger partial charge in [-0.2, -0.15) is 11.3 Å². The molecule has 0 aliphatic heterocycles. The van der Waals surface area contributed by atoms with Crippen molar-refractivity contribution in [1.29, 1.82) is 0 Å². The number of aliphatic hydroxyl groups is 2. The molecule has 0 aliphatic rings. The van der Waals surface area contributed by atoms with Crippen LogP contribution in [-0.4, -0.2) is 23.4 Å². The van der Waals surface area contributed by atoms with E-state index in [1.807, 2.05) is 35.7 Å². The molecule has 18 heavy (non-hydrogen) atoms. The van der Waals surface area contributed by atoms with E-state index in [-0.39, 0.29) is 13.2 Å². The van der Waals surface area contributed by atoms with E-state index in [1.54, 1.807) is 11.3 Å². The molecule has 0 spiro atoms. The summed E-state index contributed by atoms with van der Waals surface area (Å²) >= 11 is 5.12. The average Bonchev–Trinajstić information content (AvgIpc) is 2.90. The molecule has 0 atom stereocenters. The second kappa shape index (κ2) is 5.97. The summed E-state index contributed by atoms with van der Waals surface area (Å²) in [4.78, 5) is 0. The SMILES string of the molecule is OCC(CO)(Cc1ccsc1)c1ccccc1Br. The predicted octanol–water partition coefficient (Wildman–Crippen LogP) is 2.98. The van der Waals surface area contributed by atoms with Gasteiger partial charge in [0.25, 0.3) is 0 Å². The van der Waals surface area contributed by atoms with Crippen LogP contribution in [0, 0.1) is 0 Å². The van der Waals surface area contributed by atoms with Gasteiger partial charge in [0.05, 0.1) is 13.2 Å². The highest BCUT2D eigenvalue weighted by atomic mass is 79.9. The molecular weight excluding hydrogens is 312 g/mol. The molecule has 0 saturated carbocycles. The fraction of sp³-hybridized carbons (Fsp3) is 0.286. The molecule has 4 heteroatoms. The van der Waals surface area contributed by atoms with Crippen molar-refractivity contribution < 1.29 is 10.2 Å². The molecule has 0 bridgehead atoms. The number of hydrogen-bond donors (Lipinski definition) is 2. The van der Waals surface area contributed by atoms with E-state index in [4.69, 9.17) is 0 Å². The van der Waals surface area contributed by atoms with Crippen LogP contribution in [0.25, 0.3) is 0 Å². The van der Waals surface area contributed by atoms with Crippen LogP contribution in [0.1, 0.15) is 11.1 Å². The van der Waals surface area contributed by atoms with Gasteiger partial charge in [-0.25, -0.2) is 0 Å². The summed E-state index contributed by atoms with van der Waals surface area (Å²) in [5.74, 6) is 0. The average molecular weight is 327 g/mol. The lowest BCUT2D eigenvalue weighted by Crippen LogP contribution is -2.37. The molecule has 2 N–H and O–H groups in total. The first-order valence-corrected chi connectivity index (χ1v) is 7.43. The Bertz CT molecular complexity index is 492. The van der Waals surface area contributed by atoms with Gasteiger partial charge in [0.1, 0.15) is 0 Å². The Morgan fingerprint density at radius 2 is 1.83 bits per heavy atom. The van der Waals surface area contributed by atoms with E-state index >= 15 is 0 Å². The van der Waals surface area contributed by atoms with Gasteiger partial charge in [-0.3, -0.25) is 0 Å². The highest BCUT2D eigenvalue weighted by Crippen LogP contribution is 2.33. The summed E-state index contributed by atoms with van der Waals surface area (Å²) < 4.78 is 0.920. The van der Waals surface area contributed by atoms with Crippen LogP contribution in [0.5, 0.6) is 0 Å². The van der Waals surface area contributed by atoms with Crippen LogP contribution in [0.2, 0.25) is 0 Å². The van der Waals surface area contributed by atoms with Crippen LogP contribution >= 0.6 is 27.3 Å². The van der Waals surface area contributed by atoms with Gasteiger partial charge in [-0.05, 0) is 40.4 Å². The van der Waals surface area contributed by atoms with Gasteiger partial charge in [0.2, 0.25) is 0 Å². The highest BCUT2D eigenvalue weighted by molar-refractivity contribution is 9.10. The topological polar surface area (TPSA) is 40.5 Å². The summed E-state index contributed by atoms with van der Waals surface area (Å²) in [6.45, 7) is -0.163. The number of aliphatic hydroxyl groups excluding tert-OH is 2. The summed E-state index contributed by atoms with van der Waals surface area (Å²) in [7, 11) is 0. The molecule has 1 aromatic carbocycles. The van der Waals surface area contributed by atoms with Crippen molar-refractivity contribution >= 4 is 27.3 Å². The van der Waals surface area contributed by atoms with Gasteiger partial charge in [0.15, 0.2) is 0 Å². The van der Waals surface area contributed by atoms with Gasteiger partial charge in [0, 0.05) is 9.89 Å². The Hall–Kier alpha value is -0.680. The largest absolute Gasteiger partial charge is 0.395 e. The van der Waals surface area contributed by atoms with Crippen molar-refractivity contribution in [2.75, 3.05) is 13.2 Å². The minimum atomic E-state index is -0.638. The zero-order chi connectivity index (χ0) is 13.0. The number of hydrogen-bond acceptors (Lipinski definition) is 3. The smallest absolute Gasteiger partial charge is 0.0553 e. The van der Waals surface area contributed by atoms with Crippen LogP contribution in [-0.2, 0) is 11.8 Å². The second-order valence-corrected chi connectivity index (χ2v) is 6.02. The predicted molar refractivity (Wildman–Crippen MR) is 78.0 cm³/mol. The minimum absolute atomic E-state index is 0.0814. The Morgan fingerprint density at radius 3 is 2.39 bits per heavy atom. The third kappa shape index (κ3) is 2.67. The third-order valence-electron chi connectivity index (χ3n) is 3.17. The zero-order valence-electron chi connectivity index (χ0n) is 9.84. The normalized spacial score (nSPS) is 11.7. The molecule has 96 valence electrons. The van der Waals surface area contributed by atoms with Crippen LogP contribution < -0.4 is 0 Å². The van der Waals surface area contributed by atoms with Crippen molar-refractivity contribution in [3.8, 4) is 0 Å². The van der Waals surface area contributed by atoms with Crippen molar-refractivity contribution in [2.45, 2.75) is 11.8 Å². The van der Waals surface area contributed by atoms with E-state index in [9.17, 15) is 10.2 Å². The monoisotopic (exact) mass is 326 g/mol. The maximum Gasteiger partial charge on any atom is 0.0553 e. The molecular formula is C14H15BrO2S. The van der Waals surface area contributed by atoms with Crippen LogP contribution in [0.15, 0.2) is 45.6 Å². The number of benzene rings is 1. The third-order valence-corrected chi connectivity index (χ3v) is 4.60. The van der Waals surface area contributed by atoms with Crippen molar-refractivity contribution in [3.63, 3.8) is 0 Å². The summed E-state index contributed by atoms with van der Waals surface area (Å²) in [5.41, 5.74) is 1.45. The van der Waals surface area contributed by atoms with E-state index < -0.39 is 5.41 Å². The van der Waals surface area contributed by atoms with E-state index in [1.165, 1.54) is 0 Å². The van der Waals surface area contributed by atoms with E-state index in [0.717, 1.165) is 15.6 Å². The fourth-order valence-corrected chi connectivity index (χ4v) is 3.48. The molecule has 2 nitrogen and oxygen atoms in total. The molecule has 0 radical (unpaired) electrons. The van der Waals surface area contributed by atoms with Crippen molar-refractivity contribution in [1.82, 2.24) is 0 Å². The molecule has 1 heterocycles. The zero-order valence-corrected chi connectivity index (χ0v) is 12.2. The Labute approximate surface area is 119 Å². The minimum Gasteiger partial charge on any atom is -0.395 e. The lowest BCUT2D eigenvalue weighted by molar-refractivity contribution is 0.116. The molecule has 2 aromatic rings.